The molecule has 1 aliphatic carbocycles. The van der Waals surface area contributed by atoms with Crippen LogP contribution in [0.2, 0.25) is 0 Å². The van der Waals surface area contributed by atoms with E-state index in [1.165, 1.54) is 23.5 Å². The Kier molecular flexibility index (Phi) is 3.31. The molecule has 0 aliphatic heterocycles. The Morgan fingerprint density at radius 2 is 1.47 bits per heavy atom. The Balaban J connectivity index is 2.68. The van der Waals surface area contributed by atoms with Crippen LogP contribution in [0.5, 0.6) is 0 Å². The van der Waals surface area contributed by atoms with Crippen molar-refractivity contribution < 1.29 is 9.59 Å². The number of thioether (sulfide) groups is 2. The van der Waals surface area contributed by atoms with Crippen LogP contribution in [0.25, 0.3) is 0 Å². The van der Waals surface area contributed by atoms with Gasteiger partial charge in [-0.3, -0.25) is 9.59 Å². The standard InChI is InChI=1S/C12H11NO2S2/c1-16-11-9(14)7-4-3-6(13)5-8(7)10(15)12(11)17-2/h3-5H,13H2,1-2H3. The molecular formula is C12H11NO2S2. The molecule has 0 atom stereocenters. The van der Waals surface area contributed by atoms with Crippen molar-refractivity contribution in [3.05, 3.63) is 39.1 Å². The van der Waals surface area contributed by atoms with Crippen molar-refractivity contribution >= 4 is 40.8 Å². The van der Waals surface area contributed by atoms with Gasteiger partial charge in [-0.2, -0.15) is 0 Å². The number of hydrogen-bond acceptors (Lipinski definition) is 5. The number of nitrogens with two attached hydrogens (primary N) is 1. The highest BCUT2D eigenvalue weighted by Crippen LogP contribution is 2.36. The van der Waals surface area contributed by atoms with Gasteiger partial charge in [0.25, 0.3) is 0 Å². The van der Waals surface area contributed by atoms with Crippen molar-refractivity contribution in [1.82, 2.24) is 0 Å². The average Bonchev–Trinajstić information content (AvgIpc) is 2.33. The van der Waals surface area contributed by atoms with Gasteiger partial charge in [0.05, 0.1) is 9.81 Å². The van der Waals surface area contributed by atoms with Crippen LogP contribution in [0.3, 0.4) is 0 Å². The lowest BCUT2D eigenvalue weighted by Crippen LogP contribution is -2.19. The molecule has 0 saturated heterocycles. The van der Waals surface area contributed by atoms with Crippen molar-refractivity contribution in [2.24, 2.45) is 0 Å². The first-order valence-corrected chi connectivity index (χ1v) is 7.36. The zero-order valence-corrected chi connectivity index (χ0v) is 11.1. The van der Waals surface area contributed by atoms with E-state index >= 15 is 0 Å². The maximum atomic E-state index is 12.2. The minimum absolute atomic E-state index is 0.0866. The molecule has 0 bridgehead atoms. The minimum atomic E-state index is -0.108. The second kappa shape index (κ2) is 4.58. The zero-order valence-electron chi connectivity index (χ0n) is 9.44. The third-order valence-electron chi connectivity index (χ3n) is 2.56. The molecule has 3 nitrogen and oxygen atoms in total. The summed E-state index contributed by atoms with van der Waals surface area (Å²) in [5, 5.41) is 0. The van der Waals surface area contributed by atoms with Crippen LogP contribution in [-0.4, -0.2) is 24.1 Å². The monoisotopic (exact) mass is 265 g/mol. The molecule has 5 heteroatoms. The molecule has 2 N–H and O–H groups in total. The summed E-state index contributed by atoms with van der Waals surface area (Å²) < 4.78 is 0. The number of hydrogen-bond donors (Lipinski definition) is 1. The highest BCUT2D eigenvalue weighted by molar-refractivity contribution is 8.07. The first kappa shape index (κ1) is 12.3. The van der Waals surface area contributed by atoms with Gasteiger partial charge in [-0.15, -0.1) is 23.5 Å². The fraction of sp³-hybridized carbons (Fsp3) is 0.167. The number of Topliss-reactive ketones (excluding diaryl/α,β-unsaturated/α-hetero) is 2. The Labute approximate surface area is 108 Å². The lowest BCUT2D eigenvalue weighted by atomic mass is 9.94. The van der Waals surface area contributed by atoms with E-state index in [4.69, 9.17) is 5.73 Å². The predicted molar refractivity (Wildman–Crippen MR) is 73.6 cm³/mol. The van der Waals surface area contributed by atoms with Crippen LogP contribution in [-0.2, 0) is 0 Å². The summed E-state index contributed by atoms with van der Waals surface area (Å²) in [5.41, 5.74) is 7.01. The topological polar surface area (TPSA) is 60.2 Å². The van der Waals surface area contributed by atoms with Crippen molar-refractivity contribution in [3.8, 4) is 0 Å². The van der Waals surface area contributed by atoms with Gasteiger partial charge in [0.2, 0.25) is 11.6 Å². The molecule has 0 saturated carbocycles. The van der Waals surface area contributed by atoms with Gasteiger partial charge >= 0.3 is 0 Å². The third-order valence-corrected chi connectivity index (χ3v) is 4.28. The number of fused-ring (bicyclic) bond motifs is 1. The molecule has 17 heavy (non-hydrogen) atoms. The van der Waals surface area contributed by atoms with E-state index in [-0.39, 0.29) is 11.6 Å². The number of carbonyl (C=O) groups excluding carboxylic acids is 2. The van der Waals surface area contributed by atoms with E-state index < -0.39 is 0 Å². The number of ketones is 2. The summed E-state index contributed by atoms with van der Waals surface area (Å²) in [6.07, 6.45) is 3.60. The fourth-order valence-corrected chi connectivity index (χ4v) is 3.42. The van der Waals surface area contributed by atoms with Gasteiger partial charge in [0.1, 0.15) is 0 Å². The van der Waals surface area contributed by atoms with Crippen LogP contribution >= 0.6 is 23.5 Å². The normalized spacial score (nSPS) is 15.2. The number of allylic oxidation sites excluding steroid dienone is 2. The van der Waals surface area contributed by atoms with Crippen LogP contribution < -0.4 is 5.73 Å². The average molecular weight is 265 g/mol. The molecule has 2 rings (SSSR count). The molecule has 88 valence electrons. The number of carbonyl (C=O) groups is 2. The van der Waals surface area contributed by atoms with E-state index in [0.717, 1.165) is 0 Å². The van der Waals surface area contributed by atoms with Crippen LogP contribution in [0, 0.1) is 0 Å². The minimum Gasteiger partial charge on any atom is -0.399 e. The Morgan fingerprint density at radius 3 is 2.00 bits per heavy atom. The predicted octanol–water partition coefficient (Wildman–Crippen LogP) is 2.59. The summed E-state index contributed by atoms with van der Waals surface area (Å²) in [6, 6.07) is 4.84. The molecule has 0 fully saturated rings. The smallest absolute Gasteiger partial charge is 0.201 e. The highest BCUT2D eigenvalue weighted by atomic mass is 32.2. The van der Waals surface area contributed by atoms with Gasteiger partial charge in [-0.05, 0) is 30.7 Å². The lowest BCUT2D eigenvalue weighted by Gasteiger charge is -2.18. The lowest BCUT2D eigenvalue weighted by molar-refractivity contribution is 0.0988. The number of rotatable bonds is 2. The van der Waals surface area contributed by atoms with Crippen molar-refractivity contribution in [3.63, 3.8) is 0 Å². The molecule has 1 aromatic rings. The molecule has 0 spiro atoms. The van der Waals surface area contributed by atoms with Gasteiger partial charge in [0, 0.05) is 16.8 Å². The molecule has 0 aromatic heterocycles. The molecule has 0 radical (unpaired) electrons. The van der Waals surface area contributed by atoms with E-state index in [2.05, 4.69) is 0 Å². The molecule has 0 unspecified atom stereocenters. The van der Waals surface area contributed by atoms with E-state index in [0.29, 0.717) is 26.6 Å². The maximum Gasteiger partial charge on any atom is 0.201 e. The van der Waals surface area contributed by atoms with E-state index in [9.17, 15) is 9.59 Å². The highest BCUT2D eigenvalue weighted by Gasteiger charge is 2.31. The van der Waals surface area contributed by atoms with Crippen molar-refractivity contribution in [2.45, 2.75) is 0 Å². The van der Waals surface area contributed by atoms with Crippen molar-refractivity contribution in [1.29, 1.82) is 0 Å². The molecular weight excluding hydrogens is 254 g/mol. The van der Waals surface area contributed by atoms with Gasteiger partial charge in [-0.1, -0.05) is 0 Å². The summed E-state index contributed by atoms with van der Waals surface area (Å²) in [7, 11) is 0. The molecule has 1 aliphatic rings. The fourth-order valence-electron chi connectivity index (χ4n) is 1.77. The largest absolute Gasteiger partial charge is 0.399 e. The SMILES string of the molecule is CSC1=C(SC)C(=O)c2cc(N)ccc2C1=O. The van der Waals surface area contributed by atoms with Crippen molar-refractivity contribution in [2.75, 3.05) is 18.2 Å². The third kappa shape index (κ3) is 1.89. The van der Waals surface area contributed by atoms with Gasteiger partial charge < -0.3 is 5.73 Å². The Hall–Kier alpha value is -1.20. The number of benzene rings is 1. The van der Waals surface area contributed by atoms with Gasteiger partial charge in [0.15, 0.2) is 0 Å². The zero-order chi connectivity index (χ0) is 12.6. The number of anilines is 1. The summed E-state index contributed by atoms with van der Waals surface area (Å²) in [4.78, 5) is 25.4. The van der Waals surface area contributed by atoms with E-state index in [1.807, 2.05) is 0 Å². The first-order chi connectivity index (χ1) is 8.10. The van der Waals surface area contributed by atoms with Crippen LogP contribution in [0.15, 0.2) is 28.0 Å². The summed E-state index contributed by atoms with van der Waals surface area (Å²) in [5.74, 6) is -0.194. The maximum absolute atomic E-state index is 12.2. The first-order valence-electron chi connectivity index (χ1n) is 4.91. The van der Waals surface area contributed by atoms with Crippen LogP contribution in [0.1, 0.15) is 20.7 Å². The summed E-state index contributed by atoms with van der Waals surface area (Å²) >= 11 is 2.62. The molecule has 0 amide bonds. The second-order valence-corrected chi connectivity index (χ2v) is 5.16. The Morgan fingerprint density at radius 1 is 0.941 bits per heavy atom. The van der Waals surface area contributed by atoms with Crippen LogP contribution in [0.4, 0.5) is 5.69 Å². The number of nitrogen functional groups attached to an aromatic ring is 1. The van der Waals surface area contributed by atoms with Gasteiger partial charge in [-0.25, -0.2) is 0 Å². The quantitative estimate of drug-likeness (QED) is 0.833. The molecule has 0 heterocycles. The summed E-state index contributed by atoms with van der Waals surface area (Å²) in [6.45, 7) is 0. The molecule has 1 aromatic carbocycles. The van der Waals surface area contributed by atoms with E-state index in [1.54, 1.807) is 30.7 Å². The second-order valence-electron chi connectivity index (χ2n) is 3.53. The Bertz CT molecular complexity index is 549.